The van der Waals surface area contributed by atoms with Gasteiger partial charge in [0.15, 0.2) is 0 Å². The highest BCUT2D eigenvalue weighted by Crippen LogP contribution is 2.30. The second-order valence-electron chi connectivity index (χ2n) is 4.65. The zero-order valence-electron chi connectivity index (χ0n) is 10.6. The van der Waals surface area contributed by atoms with Gasteiger partial charge in [0.2, 0.25) is 0 Å². The van der Waals surface area contributed by atoms with Crippen molar-refractivity contribution >= 4 is 5.97 Å². The number of carbonyl (C=O) groups is 1. The van der Waals surface area contributed by atoms with Crippen molar-refractivity contribution in [3.05, 3.63) is 35.4 Å². The van der Waals surface area contributed by atoms with Crippen LogP contribution in [0.2, 0.25) is 0 Å². The van der Waals surface area contributed by atoms with Gasteiger partial charge < -0.3 is 4.74 Å². The van der Waals surface area contributed by atoms with Crippen molar-refractivity contribution in [1.29, 1.82) is 0 Å². The topological polar surface area (TPSA) is 29.5 Å². The minimum atomic E-state index is -0.116. The Morgan fingerprint density at radius 1 is 1.41 bits per heavy atom. The number of ether oxygens (including phenoxy) is 1. The maximum absolute atomic E-state index is 11.5. The molecule has 0 aliphatic carbocycles. The zero-order chi connectivity index (χ0) is 12.4. The smallest absolute Gasteiger partial charge is 0.323 e. The number of carbonyl (C=O) groups excluding carboxylic acids is 1. The van der Waals surface area contributed by atoms with Crippen molar-refractivity contribution in [3.8, 4) is 0 Å². The molecule has 0 spiro atoms. The van der Waals surface area contributed by atoms with Crippen molar-refractivity contribution in [2.75, 3.05) is 13.7 Å². The lowest BCUT2D eigenvalue weighted by molar-refractivity contribution is -0.153. The molecule has 0 amide bonds. The number of hydrogen-bond donors (Lipinski definition) is 0. The van der Waals surface area contributed by atoms with Crippen LogP contribution in [0.15, 0.2) is 24.3 Å². The highest BCUT2D eigenvalue weighted by Gasteiger charge is 2.38. The number of likely N-dealkylation sites (tertiary alicyclic amines) is 1. The van der Waals surface area contributed by atoms with Gasteiger partial charge in [0.1, 0.15) is 6.04 Å². The molecule has 0 radical (unpaired) electrons. The first kappa shape index (κ1) is 12.1. The van der Waals surface area contributed by atoms with E-state index in [1.165, 1.54) is 18.2 Å². The van der Waals surface area contributed by atoms with Gasteiger partial charge in [-0.05, 0) is 25.8 Å². The summed E-state index contributed by atoms with van der Waals surface area (Å²) in [5.41, 5.74) is 2.51. The van der Waals surface area contributed by atoms with Crippen molar-refractivity contribution in [2.45, 2.75) is 32.4 Å². The summed E-state index contributed by atoms with van der Waals surface area (Å²) in [6.45, 7) is 5.18. The van der Waals surface area contributed by atoms with Crippen molar-refractivity contribution in [2.24, 2.45) is 0 Å². The fourth-order valence-corrected chi connectivity index (χ4v) is 2.30. The van der Waals surface area contributed by atoms with Gasteiger partial charge in [-0.3, -0.25) is 9.69 Å². The van der Waals surface area contributed by atoms with Gasteiger partial charge in [-0.15, -0.1) is 0 Å². The Kier molecular flexibility index (Phi) is 3.48. The van der Waals surface area contributed by atoms with Gasteiger partial charge in [-0.25, -0.2) is 0 Å². The molecule has 1 aromatic rings. The summed E-state index contributed by atoms with van der Waals surface area (Å²) in [7, 11) is 1.45. The molecular formula is C14H19NO2. The number of nitrogens with zero attached hydrogens (tertiary/aromatic N) is 1. The summed E-state index contributed by atoms with van der Waals surface area (Å²) in [6, 6.07) is 8.70. The molecule has 0 saturated carbocycles. The first-order valence-electron chi connectivity index (χ1n) is 6.03. The van der Waals surface area contributed by atoms with Crippen LogP contribution in [0, 0.1) is 6.92 Å². The molecule has 1 aliphatic rings. The number of aryl methyl sites for hydroxylation is 1. The maximum Gasteiger partial charge on any atom is 0.323 e. The Bertz CT molecular complexity index is 399. The predicted octanol–water partition coefficient (Wildman–Crippen LogP) is 2.30. The second-order valence-corrected chi connectivity index (χ2v) is 4.65. The highest BCUT2D eigenvalue weighted by atomic mass is 16.5. The number of hydrogen-bond acceptors (Lipinski definition) is 3. The SMILES string of the molecule is COC(=O)C1CCN1[C@@H](C)c1ccc(C)cc1. The number of rotatable bonds is 3. The first-order chi connectivity index (χ1) is 8.13. The lowest BCUT2D eigenvalue weighted by Gasteiger charge is -2.43. The molecule has 1 fully saturated rings. The molecule has 2 atom stereocenters. The van der Waals surface area contributed by atoms with Crippen LogP contribution in [0.1, 0.15) is 30.5 Å². The summed E-state index contributed by atoms with van der Waals surface area (Å²) in [5, 5.41) is 0. The fraction of sp³-hybridized carbons (Fsp3) is 0.500. The van der Waals surface area contributed by atoms with E-state index in [2.05, 4.69) is 43.0 Å². The van der Waals surface area contributed by atoms with Gasteiger partial charge >= 0.3 is 5.97 Å². The molecule has 1 saturated heterocycles. The Morgan fingerprint density at radius 2 is 2.06 bits per heavy atom. The molecule has 0 bridgehead atoms. The van der Waals surface area contributed by atoms with Gasteiger partial charge in [0.25, 0.3) is 0 Å². The molecule has 1 aromatic carbocycles. The van der Waals surface area contributed by atoms with Crippen LogP contribution in [0.25, 0.3) is 0 Å². The average Bonchev–Trinajstić information content (AvgIpc) is 2.28. The van der Waals surface area contributed by atoms with Crippen LogP contribution in [-0.2, 0) is 9.53 Å². The van der Waals surface area contributed by atoms with E-state index >= 15 is 0 Å². The quantitative estimate of drug-likeness (QED) is 0.750. The van der Waals surface area contributed by atoms with Crippen molar-refractivity contribution in [3.63, 3.8) is 0 Å². The molecule has 3 heteroatoms. The normalized spacial score (nSPS) is 21.7. The van der Waals surface area contributed by atoms with E-state index in [9.17, 15) is 4.79 Å². The molecule has 1 unspecified atom stereocenters. The summed E-state index contributed by atoms with van der Waals surface area (Å²) in [6.07, 6.45) is 0.906. The summed E-state index contributed by atoms with van der Waals surface area (Å²) < 4.78 is 4.81. The minimum absolute atomic E-state index is 0.0590. The van der Waals surface area contributed by atoms with Crippen molar-refractivity contribution < 1.29 is 9.53 Å². The van der Waals surface area contributed by atoms with E-state index in [1.54, 1.807) is 0 Å². The molecule has 0 aromatic heterocycles. The Labute approximate surface area is 102 Å². The molecule has 92 valence electrons. The lowest BCUT2D eigenvalue weighted by Crippen LogP contribution is -2.53. The van der Waals surface area contributed by atoms with Crippen LogP contribution >= 0.6 is 0 Å². The number of esters is 1. The van der Waals surface area contributed by atoms with Crippen molar-refractivity contribution in [1.82, 2.24) is 4.90 Å². The Hall–Kier alpha value is -1.35. The minimum Gasteiger partial charge on any atom is -0.468 e. The molecule has 3 nitrogen and oxygen atoms in total. The van der Waals surface area contributed by atoms with Crippen LogP contribution in [0.4, 0.5) is 0 Å². The number of methoxy groups -OCH3 is 1. The van der Waals surface area contributed by atoms with Crippen LogP contribution in [0.3, 0.4) is 0 Å². The lowest BCUT2D eigenvalue weighted by atomic mass is 9.96. The van der Waals surface area contributed by atoms with Crippen LogP contribution in [0.5, 0.6) is 0 Å². The van der Waals surface area contributed by atoms with Gasteiger partial charge in [0, 0.05) is 12.6 Å². The average molecular weight is 233 g/mol. The first-order valence-corrected chi connectivity index (χ1v) is 6.03. The van der Waals surface area contributed by atoms with Crippen LogP contribution in [-0.4, -0.2) is 30.6 Å². The second kappa shape index (κ2) is 4.88. The summed E-state index contributed by atoms with van der Waals surface area (Å²) in [5.74, 6) is -0.116. The number of benzene rings is 1. The molecule has 2 rings (SSSR count). The van der Waals surface area contributed by atoms with Crippen LogP contribution < -0.4 is 0 Å². The predicted molar refractivity (Wildman–Crippen MR) is 66.7 cm³/mol. The molecule has 1 heterocycles. The van der Waals surface area contributed by atoms with E-state index in [-0.39, 0.29) is 18.1 Å². The highest BCUT2D eigenvalue weighted by molar-refractivity contribution is 5.76. The van der Waals surface area contributed by atoms with E-state index in [4.69, 9.17) is 4.74 Å². The summed E-state index contributed by atoms with van der Waals surface area (Å²) >= 11 is 0. The van der Waals surface area contributed by atoms with E-state index in [1.807, 2.05) is 0 Å². The molecule has 17 heavy (non-hydrogen) atoms. The molecule has 1 aliphatic heterocycles. The van der Waals surface area contributed by atoms with Gasteiger partial charge in [0.05, 0.1) is 7.11 Å². The Balaban J connectivity index is 2.07. The molecule has 0 N–H and O–H groups in total. The van der Waals surface area contributed by atoms with E-state index < -0.39 is 0 Å². The largest absolute Gasteiger partial charge is 0.468 e. The van der Waals surface area contributed by atoms with Gasteiger partial charge in [-0.2, -0.15) is 0 Å². The third-order valence-corrected chi connectivity index (χ3v) is 3.59. The maximum atomic E-state index is 11.5. The van der Waals surface area contributed by atoms with E-state index in [0.717, 1.165) is 13.0 Å². The van der Waals surface area contributed by atoms with Gasteiger partial charge in [-0.1, -0.05) is 29.8 Å². The molecular weight excluding hydrogens is 214 g/mol. The zero-order valence-corrected chi connectivity index (χ0v) is 10.6. The standard InChI is InChI=1S/C14H19NO2/c1-10-4-6-12(7-5-10)11(2)15-9-8-13(15)14(16)17-3/h4-7,11,13H,8-9H2,1-3H3/t11-,13?/m0/s1. The third kappa shape index (κ3) is 2.34. The Morgan fingerprint density at radius 3 is 2.53 bits per heavy atom. The summed E-state index contributed by atoms with van der Waals surface area (Å²) in [4.78, 5) is 13.7. The van der Waals surface area contributed by atoms with E-state index in [0.29, 0.717) is 0 Å². The monoisotopic (exact) mass is 233 g/mol. The fourth-order valence-electron chi connectivity index (χ4n) is 2.30. The third-order valence-electron chi connectivity index (χ3n) is 3.59.